The first kappa shape index (κ1) is 16.4. The molecule has 0 radical (unpaired) electrons. The summed E-state index contributed by atoms with van der Waals surface area (Å²) in [6.07, 6.45) is 0.721. The van der Waals surface area contributed by atoms with Crippen LogP contribution in [0.4, 0.5) is 0 Å². The van der Waals surface area contributed by atoms with Crippen LogP contribution < -0.4 is 5.56 Å². The molecule has 0 saturated carbocycles. The quantitative estimate of drug-likeness (QED) is 0.798. The molecule has 1 N–H and O–H groups in total. The number of nitrogens with zero attached hydrogens (tertiary/aromatic N) is 3. The van der Waals surface area contributed by atoms with E-state index in [2.05, 4.69) is 0 Å². The number of amides is 1. The maximum absolute atomic E-state index is 12.8. The van der Waals surface area contributed by atoms with Crippen molar-refractivity contribution in [2.45, 2.75) is 19.4 Å². The van der Waals surface area contributed by atoms with Crippen molar-refractivity contribution in [3.63, 3.8) is 0 Å². The Morgan fingerprint density at radius 3 is 2.58 bits per heavy atom. The molecule has 2 heterocycles. The minimum atomic E-state index is -0.618. The molecule has 126 valence electrons. The third-order valence-electron chi connectivity index (χ3n) is 4.63. The Hall–Kier alpha value is -2.41. The molecule has 0 aliphatic carbocycles. The van der Waals surface area contributed by atoms with Crippen LogP contribution >= 0.6 is 12.2 Å². The summed E-state index contributed by atoms with van der Waals surface area (Å²) in [4.78, 5) is 26.6. The van der Waals surface area contributed by atoms with Crippen molar-refractivity contribution < 1.29 is 9.90 Å². The summed E-state index contributed by atoms with van der Waals surface area (Å²) in [5.41, 5.74) is 1.73. The van der Waals surface area contributed by atoms with Crippen LogP contribution in [-0.2, 0) is 25.3 Å². The van der Waals surface area contributed by atoms with Crippen LogP contribution in [0.3, 0.4) is 0 Å². The van der Waals surface area contributed by atoms with Crippen LogP contribution in [-0.4, -0.2) is 31.6 Å². The number of carbonyl (C=O) groups is 1. The van der Waals surface area contributed by atoms with Crippen LogP contribution in [0.5, 0.6) is 5.88 Å². The maximum atomic E-state index is 12.8. The highest BCUT2D eigenvalue weighted by molar-refractivity contribution is 7.71. The predicted octanol–water partition coefficient (Wildman–Crippen LogP) is 1.65. The topological polar surface area (TPSA) is 67.5 Å². The van der Waals surface area contributed by atoms with E-state index in [4.69, 9.17) is 12.2 Å². The van der Waals surface area contributed by atoms with Crippen LogP contribution in [0, 0.1) is 4.77 Å². The molecule has 0 saturated heterocycles. The van der Waals surface area contributed by atoms with Crippen LogP contribution in [0.1, 0.15) is 29.7 Å². The Morgan fingerprint density at radius 2 is 1.92 bits per heavy atom. The van der Waals surface area contributed by atoms with Gasteiger partial charge in [-0.2, -0.15) is 0 Å². The van der Waals surface area contributed by atoms with Gasteiger partial charge < -0.3 is 10.0 Å². The highest BCUT2D eigenvalue weighted by Gasteiger charge is 2.35. The number of rotatable bonds is 1. The van der Waals surface area contributed by atoms with Crippen molar-refractivity contribution in [1.29, 1.82) is 0 Å². The molecule has 1 amide bonds. The average Bonchev–Trinajstić information content (AvgIpc) is 2.58. The van der Waals surface area contributed by atoms with E-state index in [1.165, 1.54) is 16.1 Å². The molecule has 7 heteroatoms. The van der Waals surface area contributed by atoms with E-state index in [9.17, 15) is 14.7 Å². The van der Waals surface area contributed by atoms with E-state index >= 15 is 0 Å². The van der Waals surface area contributed by atoms with Crippen LogP contribution in [0.15, 0.2) is 29.1 Å². The summed E-state index contributed by atoms with van der Waals surface area (Å²) in [7, 11) is 3.17. The molecule has 24 heavy (non-hydrogen) atoms. The van der Waals surface area contributed by atoms with Gasteiger partial charge in [0.05, 0.1) is 6.04 Å². The van der Waals surface area contributed by atoms with Crippen LogP contribution in [0.25, 0.3) is 0 Å². The van der Waals surface area contributed by atoms with Crippen molar-refractivity contribution in [1.82, 2.24) is 14.0 Å². The van der Waals surface area contributed by atoms with Gasteiger partial charge in [0.1, 0.15) is 5.56 Å². The van der Waals surface area contributed by atoms with E-state index < -0.39 is 6.04 Å². The lowest BCUT2D eigenvalue weighted by Gasteiger charge is -2.37. The second kappa shape index (κ2) is 5.90. The highest BCUT2D eigenvalue weighted by Crippen LogP contribution is 2.36. The molecule has 1 aromatic carbocycles. The van der Waals surface area contributed by atoms with E-state index in [1.54, 1.807) is 19.0 Å². The summed E-state index contributed by atoms with van der Waals surface area (Å²) in [6, 6.07) is 7.08. The Bertz CT molecular complexity index is 945. The molecule has 3 rings (SSSR count). The Morgan fingerprint density at radius 1 is 1.25 bits per heavy atom. The minimum absolute atomic E-state index is 0.138. The lowest BCUT2D eigenvalue weighted by Crippen LogP contribution is -2.42. The van der Waals surface area contributed by atoms with Crippen molar-refractivity contribution in [2.24, 2.45) is 14.1 Å². The SMILES string of the molecule is CC(=O)N1CCc2ccccc2[C@@H]1c1c(O)n(C)c(=S)n(C)c1=O. The molecule has 1 aromatic heterocycles. The largest absolute Gasteiger partial charge is 0.494 e. The average molecular weight is 345 g/mol. The number of aromatic hydroxyl groups is 1. The summed E-state index contributed by atoms with van der Waals surface area (Å²) in [6.45, 7) is 1.98. The van der Waals surface area contributed by atoms with E-state index in [-0.39, 0.29) is 27.7 Å². The molecular formula is C17H19N3O3S. The van der Waals surface area contributed by atoms with Gasteiger partial charge in [0.15, 0.2) is 4.77 Å². The zero-order valence-corrected chi connectivity index (χ0v) is 14.6. The standard InChI is InChI=1S/C17H19N3O3S/c1-10(21)20-9-8-11-6-4-5-7-12(11)14(20)13-15(22)18(2)17(24)19(3)16(13)23/h4-7,14,22H,8-9H2,1-3H3/t14-/m1/s1. The second-order valence-electron chi connectivity index (χ2n) is 6.01. The fourth-order valence-electron chi connectivity index (χ4n) is 3.32. The number of carbonyl (C=O) groups excluding carboxylic acids is 1. The molecular weight excluding hydrogens is 326 g/mol. The molecule has 0 fully saturated rings. The lowest BCUT2D eigenvalue weighted by molar-refractivity contribution is -0.130. The molecule has 0 spiro atoms. The molecule has 1 aliphatic heterocycles. The van der Waals surface area contributed by atoms with Gasteiger partial charge in [-0.15, -0.1) is 0 Å². The van der Waals surface area contributed by atoms with Crippen molar-refractivity contribution in [2.75, 3.05) is 6.54 Å². The van der Waals surface area contributed by atoms with Crippen LogP contribution in [0.2, 0.25) is 0 Å². The molecule has 1 atom stereocenters. The monoisotopic (exact) mass is 345 g/mol. The van der Waals surface area contributed by atoms with Gasteiger partial charge in [0.2, 0.25) is 11.8 Å². The van der Waals surface area contributed by atoms with Gasteiger partial charge in [0, 0.05) is 27.6 Å². The zero-order chi connectivity index (χ0) is 17.6. The van der Waals surface area contributed by atoms with Crippen molar-refractivity contribution >= 4 is 18.1 Å². The Balaban J connectivity index is 2.36. The fourth-order valence-corrected chi connectivity index (χ4v) is 3.49. The fraction of sp³-hybridized carbons (Fsp3) is 0.353. The number of hydrogen-bond donors (Lipinski definition) is 1. The number of hydrogen-bond acceptors (Lipinski definition) is 4. The molecule has 0 unspecified atom stereocenters. The predicted molar refractivity (Wildman–Crippen MR) is 92.5 cm³/mol. The first-order valence-electron chi connectivity index (χ1n) is 7.68. The zero-order valence-electron chi connectivity index (χ0n) is 13.8. The second-order valence-corrected chi connectivity index (χ2v) is 6.37. The van der Waals surface area contributed by atoms with Crippen molar-refractivity contribution in [3.8, 4) is 5.88 Å². The third-order valence-corrected chi connectivity index (χ3v) is 5.18. The number of fused-ring (bicyclic) bond motifs is 1. The van der Waals surface area contributed by atoms with Crippen molar-refractivity contribution in [3.05, 3.63) is 56.1 Å². The van der Waals surface area contributed by atoms with E-state index in [1.807, 2.05) is 24.3 Å². The third kappa shape index (κ3) is 2.36. The van der Waals surface area contributed by atoms with Gasteiger partial charge in [-0.1, -0.05) is 24.3 Å². The summed E-state index contributed by atoms with van der Waals surface area (Å²) in [5, 5.41) is 10.6. The Labute approximate surface area is 144 Å². The summed E-state index contributed by atoms with van der Waals surface area (Å²) in [5.74, 6) is -0.336. The molecule has 1 aliphatic rings. The maximum Gasteiger partial charge on any atom is 0.263 e. The molecule has 2 aromatic rings. The normalized spacial score (nSPS) is 16.8. The van der Waals surface area contributed by atoms with Gasteiger partial charge in [-0.3, -0.25) is 18.7 Å². The minimum Gasteiger partial charge on any atom is -0.494 e. The first-order valence-corrected chi connectivity index (χ1v) is 8.09. The highest BCUT2D eigenvalue weighted by atomic mass is 32.1. The smallest absolute Gasteiger partial charge is 0.263 e. The first-order chi connectivity index (χ1) is 11.3. The Kier molecular flexibility index (Phi) is 4.04. The summed E-state index contributed by atoms with van der Waals surface area (Å²) < 4.78 is 2.93. The van der Waals surface area contributed by atoms with Gasteiger partial charge in [-0.25, -0.2) is 0 Å². The van der Waals surface area contributed by atoms with Gasteiger partial charge in [-0.05, 0) is 29.8 Å². The lowest BCUT2D eigenvalue weighted by atomic mass is 9.88. The van der Waals surface area contributed by atoms with Gasteiger partial charge in [0.25, 0.3) is 5.56 Å². The van der Waals surface area contributed by atoms with E-state index in [0.29, 0.717) is 6.54 Å². The number of aromatic nitrogens is 2. The van der Waals surface area contributed by atoms with Gasteiger partial charge >= 0.3 is 0 Å². The van der Waals surface area contributed by atoms with E-state index in [0.717, 1.165) is 17.5 Å². The number of benzene rings is 1. The summed E-state index contributed by atoms with van der Waals surface area (Å²) >= 11 is 5.17. The molecule has 0 bridgehead atoms. The molecule has 6 nitrogen and oxygen atoms in total.